The fraction of sp³-hybridized carbons (Fsp3) is 0.536. The second-order valence-electron chi connectivity index (χ2n) is 9.87. The van der Waals surface area contributed by atoms with Gasteiger partial charge < -0.3 is 19.6 Å². The molecule has 0 aromatic heterocycles. The van der Waals surface area contributed by atoms with E-state index < -0.39 is 5.97 Å². The summed E-state index contributed by atoms with van der Waals surface area (Å²) in [7, 11) is 0. The Morgan fingerprint density at radius 1 is 1.25 bits per heavy atom. The predicted molar refractivity (Wildman–Crippen MR) is 140 cm³/mol. The lowest BCUT2D eigenvalue weighted by Gasteiger charge is -2.26. The number of phenols is 1. The molecular weight excluding hydrogens is 480 g/mol. The number of ether oxygens (including phenoxy) is 1. The standard InChI is InChI=1S/C28H35ClN2O5/c1-19-8-3-6-15-35-28(34)26-22(20-11-12-20)17-24(32)27(29)23(26)16-21(10-7-9-19)30-36-18-25(33)31-13-4-2-5-14-31/h3,7-8,10,17,19-20,32H,2,4-6,9,11-16,18H2,1H3/b8-3+,10-7+,30-21-. The Bertz CT molecular complexity index is 1050. The number of likely N-dealkylation sites (tertiary alicyclic amines) is 1. The molecule has 0 radical (unpaired) electrons. The summed E-state index contributed by atoms with van der Waals surface area (Å²) in [6.07, 6.45) is 14.6. The summed E-state index contributed by atoms with van der Waals surface area (Å²) in [5.41, 5.74) is 2.15. The zero-order valence-electron chi connectivity index (χ0n) is 20.9. The molecule has 2 aliphatic heterocycles. The van der Waals surface area contributed by atoms with Crippen molar-refractivity contribution in [1.29, 1.82) is 0 Å². The summed E-state index contributed by atoms with van der Waals surface area (Å²) in [6.45, 7) is 3.72. The lowest BCUT2D eigenvalue weighted by atomic mass is 9.93. The Hall–Kier alpha value is -2.80. The Balaban J connectivity index is 1.64. The zero-order valence-corrected chi connectivity index (χ0v) is 21.6. The number of oxime groups is 1. The maximum atomic E-state index is 13.2. The number of esters is 1. The molecule has 7 nitrogen and oxygen atoms in total. The number of hydrogen-bond donors (Lipinski definition) is 1. The number of aromatic hydroxyl groups is 1. The van der Waals surface area contributed by atoms with Crippen molar-refractivity contribution in [3.63, 3.8) is 0 Å². The molecule has 3 aliphatic rings. The molecule has 8 heteroatoms. The van der Waals surface area contributed by atoms with Gasteiger partial charge in [-0.25, -0.2) is 4.79 Å². The van der Waals surface area contributed by atoms with E-state index >= 15 is 0 Å². The fourth-order valence-electron chi connectivity index (χ4n) is 4.67. The third-order valence-corrected chi connectivity index (χ3v) is 7.25. The number of phenolic OH excluding ortho intramolecular Hbond substituents is 1. The molecule has 2 heterocycles. The summed E-state index contributed by atoms with van der Waals surface area (Å²) >= 11 is 6.55. The van der Waals surface area contributed by atoms with Crippen molar-refractivity contribution in [2.24, 2.45) is 11.1 Å². The average molecular weight is 515 g/mol. The van der Waals surface area contributed by atoms with E-state index in [0.29, 0.717) is 29.2 Å². The first-order valence-corrected chi connectivity index (χ1v) is 13.3. The van der Waals surface area contributed by atoms with E-state index in [4.69, 9.17) is 21.2 Å². The molecule has 1 aromatic rings. The third kappa shape index (κ3) is 6.90. The number of carbonyl (C=O) groups excluding carboxylic acids is 2. The minimum absolute atomic E-state index is 0.0627. The Kier molecular flexibility index (Phi) is 9.08. The fourth-order valence-corrected chi connectivity index (χ4v) is 4.89. The van der Waals surface area contributed by atoms with E-state index in [1.54, 1.807) is 6.07 Å². The Labute approximate surface area is 217 Å². The van der Waals surface area contributed by atoms with E-state index in [2.05, 4.69) is 18.2 Å². The van der Waals surface area contributed by atoms with Crippen molar-refractivity contribution in [2.75, 3.05) is 26.3 Å². The van der Waals surface area contributed by atoms with Crippen molar-refractivity contribution in [3.8, 4) is 5.75 Å². The molecule has 1 saturated carbocycles. The van der Waals surface area contributed by atoms with Gasteiger partial charge in [-0.2, -0.15) is 0 Å². The summed E-state index contributed by atoms with van der Waals surface area (Å²) in [5, 5.41) is 14.9. The highest BCUT2D eigenvalue weighted by Crippen LogP contribution is 2.46. The molecule has 1 aromatic carbocycles. The lowest BCUT2D eigenvalue weighted by Crippen LogP contribution is -2.37. The van der Waals surface area contributed by atoms with Gasteiger partial charge in [0.15, 0.2) is 6.61 Å². The summed E-state index contributed by atoms with van der Waals surface area (Å²) < 4.78 is 5.61. The SMILES string of the molecule is CC1/C=C/CCOC(=O)c2c(C3CC3)cc(O)c(Cl)c2CC(=N\OCC(=O)N2CCCCC2)/C=C/C1. The van der Waals surface area contributed by atoms with Crippen LogP contribution in [0.1, 0.15) is 79.3 Å². The molecule has 1 amide bonds. The molecule has 4 rings (SSSR count). The first kappa shape index (κ1) is 26.3. The molecule has 1 aliphatic carbocycles. The van der Waals surface area contributed by atoms with E-state index in [1.165, 1.54) is 0 Å². The van der Waals surface area contributed by atoms with Crippen molar-refractivity contribution in [3.05, 3.63) is 52.1 Å². The van der Waals surface area contributed by atoms with Crippen LogP contribution in [-0.2, 0) is 20.8 Å². The number of hydrogen-bond acceptors (Lipinski definition) is 6. The van der Waals surface area contributed by atoms with Gasteiger partial charge in [-0.05, 0) is 80.1 Å². The van der Waals surface area contributed by atoms with Gasteiger partial charge in [0.25, 0.3) is 5.91 Å². The van der Waals surface area contributed by atoms with Gasteiger partial charge in [0.2, 0.25) is 0 Å². The number of rotatable bonds is 4. The Morgan fingerprint density at radius 3 is 2.78 bits per heavy atom. The number of piperidine rings is 1. The summed E-state index contributed by atoms with van der Waals surface area (Å²) in [6, 6.07) is 1.59. The highest BCUT2D eigenvalue weighted by Gasteiger charge is 2.33. The molecule has 2 fully saturated rings. The van der Waals surface area contributed by atoms with E-state index in [-0.39, 0.29) is 42.2 Å². The van der Waals surface area contributed by atoms with Crippen LogP contribution in [0, 0.1) is 5.92 Å². The van der Waals surface area contributed by atoms with Crippen LogP contribution in [0.4, 0.5) is 0 Å². The molecule has 1 N–H and O–H groups in total. The molecule has 194 valence electrons. The Morgan fingerprint density at radius 2 is 2.03 bits per heavy atom. The van der Waals surface area contributed by atoms with Crippen LogP contribution in [0.15, 0.2) is 35.5 Å². The third-order valence-electron chi connectivity index (χ3n) is 6.83. The molecule has 1 unspecified atom stereocenters. The van der Waals surface area contributed by atoms with Crippen LogP contribution in [0.2, 0.25) is 5.02 Å². The monoisotopic (exact) mass is 514 g/mol. The number of halogens is 1. The first-order valence-electron chi connectivity index (χ1n) is 12.9. The van der Waals surface area contributed by atoms with Crippen LogP contribution in [0.5, 0.6) is 5.75 Å². The van der Waals surface area contributed by atoms with Crippen molar-refractivity contribution < 1.29 is 24.3 Å². The number of amides is 1. The van der Waals surface area contributed by atoms with Crippen molar-refractivity contribution in [2.45, 2.75) is 64.2 Å². The normalized spacial score (nSPS) is 24.4. The molecule has 0 spiro atoms. The summed E-state index contributed by atoms with van der Waals surface area (Å²) in [5.74, 6) is -0.102. The van der Waals surface area contributed by atoms with Gasteiger partial charge in [0.05, 0.1) is 22.9 Å². The zero-order chi connectivity index (χ0) is 25.5. The number of carbonyl (C=O) groups is 2. The second kappa shape index (κ2) is 12.4. The minimum atomic E-state index is -0.447. The maximum Gasteiger partial charge on any atom is 0.338 e. The van der Waals surface area contributed by atoms with Crippen LogP contribution < -0.4 is 0 Å². The van der Waals surface area contributed by atoms with E-state index in [0.717, 1.165) is 57.2 Å². The van der Waals surface area contributed by atoms with Crippen LogP contribution in [0.3, 0.4) is 0 Å². The molecule has 0 bridgehead atoms. The number of cyclic esters (lactones) is 1. The molecule has 1 atom stereocenters. The minimum Gasteiger partial charge on any atom is -0.506 e. The molecule has 1 saturated heterocycles. The highest BCUT2D eigenvalue weighted by molar-refractivity contribution is 6.33. The second-order valence-corrected chi connectivity index (χ2v) is 10.2. The van der Waals surface area contributed by atoms with Gasteiger partial charge in [-0.3, -0.25) is 4.79 Å². The van der Waals surface area contributed by atoms with Crippen LogP contribution >= 0.6 is 11.6 Å². The number of nitrogens with zero attached hydrogens (tertiary/aromatic N) is 2. The highest BCUT2D eigenvalue weighted by atomic mass is 35.5. The number of benzene rings is 1. The first-order chi connectivity index (χ1) is 17.4. The largest absolute Gasteiger partial charge is 0.506 e. The van der Waals surface area contributed by atoms with Gasteiger partial charge in [0.1, 0.15) is 5.75 Å². The van der Waals surface area contributed by atoms with Gasteiger partial charge in [-0.15, -0.1) is 0 Å². The predicted octanol–water partition coefficient (Wildman–Crippen LogP) is 5.55. The summed E-state index contributed by atoms with van der Waals surface area (Å²) in [4.78, 5) is 33.0. The maximum absolute atomic E-state index is 13.2. The lowest BCUT2D eigenvalue weighted by molar-refractivity contribution is -0.137. The molecule has 36 heavy (non-hydrogen) atoms. The van der Waals surface area contributed by atoms with Gasteiger partial charge >= 0.3 is 5.97 Å². The van der Waals surface area contributed by atoms with Crippen LogP contribution in [-0.4, -0.2) is 53.9 Å². The number of allylic oxidation sites excluding steroid dienone is 3. The van der Waals surface area contributed by atoms with Gasteiger partial charge in [-0.1, -0.05) is 41.9 Å². The van der Waals surface area contributed by atoms with Gasteiger partial charge in [0, 0.05) is 19.5 Å². The van der Waals surface area contributed by atoms with E-state index in [1.807, 2.05) is 23.1 Å². The van der Waals surface area contributed by atoms with Crippen LogP contribution in [0.25, 0.3) is 0 Å². The molecular formula is C28H35ClN2O5. The van der Waals surface area contributed by atoms with E-state index in [9.17, 15) is 14.7 Å². The smallest absolute Gasteiger partial charge is 0.338 e. The van der Waals surface area contributed by atoms with Crippen molar-refractivity contribution >= 4 is 29.2 Å². The number of fused-ring (bicyclic) bond motifs is 1. The average Bonchev–Trinajstić information content (AvgIpc) is 3.71. The van der Waals surface area contributed by atoms with Crippen molar-refractivity contribution in [1.82, 2.24) is 4.90 Å². The topological polar surface area (TPSA) is 88.4 Å². The quantitative estimate of drug-likeness (QED) is 0.323.